The van der Waals surface area contributed by atoms with Gasteiger partial charge in [0, 0.05) is 155 Å². The molecule has 7 amide bonds. The van der Waals surface area contributed by atoms with Crippen molar-refractivity contribution in [1.29, 1.82) is 27.0 Å². The number of nitrogens with two attached hydrogens (primary N) is 5. The molecule has 0 aromatic heterocycles. The average molecular weight is 1780 g/mol. The Morgan fingerprint density at radius 2 is 1.08 bits per heavy atom. The van der Waals surface area contributed by atoms with Crippen LogP contribution in [-0.2, 0) is 78.5 Å². The summed E-state index contributed by atoms with van der Waals surface area (Å²) in [6, 6.07) is 7.15. The third kappa shape index (κ3) is 33.9. The van der Waals surface area contributed by atoms with Crippen molar-refractivity contribution in [3.8, 4) is 0 Å². The molecule has 0 saturated carbocycles. The van der Waals surface area contributed by atoms with Crippen molar-refractivity contribution in [2.75, 3.05) is 76.1 Å². The lowest BCUT2D eigenvalue weighted by Gasteiger charge is -2.27. The van der Waals surface area contributed by atoms with E-state index in [9.17, 15) is 70.5 Å². The lowest BCUT2D eigenvalue weighted by molar-refractivity contribution is -0.433. The van der Waals surface area contributed by atoms with Crippen LogP contribution in [0.1, 0.15) is 194 Å². The summed E-state index contributed by atoms with van der Waals surface area (Å²) in [5.74, 6) is -13.3. The Bertz CT molecular complexity index is 4530. The third-order valence-corrected chi connectivity index (χ3v) is 24.3. The highest BCUT2D eigenvalue weighted by Gasteiger charge is 2.45. The van der Waals surface area contributed by atoms with Crippen LogP contribution in [-0.4, -0.2) is 223 Å². The molecule has 8 atom stereocenters. The predicted molar refractivity (Wildman–Crippen MR) is 481 cm³/mol. The van der Waals surface area contributed by atoms with E-state index in [1.54, 1.807) is 6.07 Å². The third-order valence-electron chi connectivity index (χ3n) is 22.2. The fourth-order valence-corrected chi connectivity index (χ4v) is 17.2. The second-order valence-corrected chi connectivity index (χ2v) is 35.6. The summed E-state index contributed by atoms with van der Waals surface area (Å²) < 4.78 is 37.1. The van der Waals surface area contributed by atoms with E-state index in [0.717, 1.165) is 40.2 Å². The van der Waals surface area contributed by atoms with Crippen molar-refractivity contribution in [3.05, 3.63) is 89.2 Å². The van der Waals surface area contributed by atoms with E-state index in [-0.39, 0.29) is 181 Å². The van der Waals surface area contributed by atoms with Gasteiger partial charge in [-0.15, -0.1) is 11.8 Å². The van der Waals surface area contributed by atoms with Crippen molar-refractivity contribution in [1.82, 2.24) is 58.1 Å². The zero-order chi connectivity index (χ0) is 93.1. The lowest BCUT2D eigenvalue weighted by atomic mass is 9.81. The molecule has 0 spiro atoms. The summed E-state index contributed by atoms with van der Waals surface area (Å²) in [6.45, 7) is 17.7. The van der Waals surface area contributed by atoms with Crippen molar-refractivity contribution >= 4 is 139 Å². The van der Waals surface area contributed by atoms with Crippen LogP contribution >= 0.6 is 11.8 Å². The second-order valence-electron chi connectivity index (χ2n) is 33.0. The van der Waals surface area contributed by atoms with Crippen LogP contribution in [0.3, 0.4) is 0 Å². The average Bonchev–Trinajstić information content (AvgIpc) is 1.59. The van der Waals surface area contributed by atoms with E-state index in [4.69, 9.17) is 55.7 Å². The number of guanidine groups is 5. The van der Waals surface area contributed by atoms with Gasteiger partial charge < -0.3 is 91.5 Å². The Labute approximate surface area is 736 Å². The van der Waals surface area contributed by atoms with Gasteiger partial charge in [-0.1, -0.05) is 57.0 Å². The molecular weight excluding hydrogens is 1650 g/mol. The van der Waals surface area contributed by atoms with E-state index in [1.165, 1.54) is 55.4 Å². The number of nitrogens with zero attached hydrogens (tertiary/aromatic N) is 3. The Hall–Kier alpha value is -11.4. The van der Waals surface area contributed by atoms with Gasteiger partial charge in [-0.2, -0.15) is 13.0 Å². The monoisotopic (exact) mass is 1780 g/mol. The Morgan fingerprint density at radius 1 is 0.576 bits per heavy atom. The van der Waals surface area contributed by atoms with Crippen molar-refractivity contribution < 1.29 is 75.1 Å². The molecule has 2 aromatic carbocycles. The summed E-state index contributed by atoms with van der Waals surface area (Å²) in [4.78, 5) is 168. The molecule has 688 valence electrons. The largest absolute Gasteiger partial charge is 0.370 e. The molecule has 0 radical (unpaired) electrons. The number of Topliss-reactive ketones (excluding diaryl/α,β-unsaturated/α-hetero) is 5. The molecule has 0 aliphatic carbocycles. The number of carbonyl (C=O) groups is 12. The number of carbonyl (C=O) groups excluding carboxylic acids is 12. The van der Waals surface area contributed by atoms with Crippen LogP contribution in [0.5, 0.6) is 0 Å². The second kappa shape index (κ2) is 50.5. The van der Waals surface area contributed by atoms with E-state index >= 15 is 0 Å². The first-order valence-electron chi connectivity index (χ1n) is 42.5. The number of nitrogens with one attached hydrogen (secondary N) is 15. The van der Waals surface area contributed by atoms with Crippen LogP contribution < -0.4 is 86.7 Å². The summed E-state index contributed by atoms with van der Waals surface area (Å²) in [5, 5.41) is 64.3. The maximum Gasteiger partial charge on any atom is 0.294 e. The predicted octanol–water partition coefficient (Wildman–Crippen LogP) is 2.79. The number of anilines is 1. The summed E-state index contributed by atoms with van der Waals surface area (Å²) in [5.41, 5.74) is 34.1. The minimum Gasteiger partial charge on any atom is -0.370 e. The number of aryl methyl sites for hydroxylation is 1. The number of unbranched alkanes of at least 4 members (excludes halogenated alkanes) is 2. The SMILES string of the molecule is CC[N+]1=C(/C=C/C=C/C=C2/N(CCCCCC(=O)NCCN3C(=O)CC(SC[C@@H](NC(=O)[C@@H](CCCNC(=N)N)CC(=O)[C@@H](CCCNC(=N)N)NC(=O)[C@@H](CCCNC(=N)N)CC(=O)[C@@H](CCCNC(=N)N)NC(=O)[C@@H](CCCNC(=N)N)CC(=O)CNC(=O)[C@H](C)CC(C)=O)C(C)=O)C3=O)c3ccc(S(=O)(=O)O)cc3C2(C)C)C(C)(C)c2cc(C)ccc21. The first-order chi connectivity index (χ1) is 58.9. The van der Waals surface area contributed by atoms with Gasteiger partial charge in [0.25, 0.3) is 10.1 Å². The number of hydrogen-bond donors (Lipinski definition) is 21. The number of rotatable bonds is 57. The molecule has 1 fully saturated rings. The zero-order valence-corrected chi connectivity index (χ0v) is 75.0. The van der Waals surface area contributed by atoms with Gasteiger partial charge in [-0.3, -0.25) is 89.2 Å². The smallest absolute Gasteiger partial charge is 0.294 e. The number of thioether (sulfide) groups is 1. The number of amides is 7. The molecule has 3 aliphatic rings. The number of hydrogen-bond acceptors (Lipinski definition) is 21. The summed E-state index contributed by atoms with van der Waals surface area (Å²) in [6.07, 6.45) is 10.7. The number of fused-ring (bicyclic) bond motifs is 2. The highest BCUT2D eigenvalue weighted by atomic mass is 32.2. The Morgan fingerprint density at radius 3 is 1.57 bits per heavy atom. The maximum atomic E-state index is 14.9. The molecule has 3 heterocycles. The van der Waals surface area contributed by atoms with Gasteiger partial charge in [0.1, 0.15) is 12.3 Å². The highest BCUT2D eigenvalue weighted by molar-refractivity contribution is 8.00. The molecule has 125 heavy (non-hydrogen) atoms. The molecule has 1 saturated heterocycles. The van der Waals surface area contributed by atoms with Crippen molar-refractivity contribution in [2.45, 2.75) is 223 Å². The topological polar surface area (TPSA) is 638 Å². The number of likely N-dealkylation sites (tertiary alicyclic amines) is 1. The fourth-order valence-electron chi connectivity index (χ4n) is 15.4. The Balaban J connectivity index is 1.25. The molecular formula is C85H132N23O15S2+. The van der Waals surface area contributed by atoms with Crippen LogP contribution in [0.4, 0.5) is 11.4 Å². The van der Waals surface area contributed by atoms with Gasteiger partial charge in [-0.05, 0) is 154 Å². The minimum atomic E-state index is -4.51. The summed E-state index contributed by atoms with van der Waals surface area (Å²) >= 11 is 0.962. The van der Waals surface area contributed by atoms with E-state index in [1.807, 2.05) is 38.2 Å². The lowest BCUT2D eigenvalue weighted by Crippen LogP contribution is -2.49. The number of imide groups is 1. The molecule has 2 aromatic rings. The van der Waals surface area contributed by atoms with Gasteiger partial charge in [0.05, 0.1) is 40.2 Å². The first kappa shape index (κ1) is 104. The number of allylic oxidation sites excluding steroid dienone is 6. The fraction of sp³-hybridized carbons (Fsp3) is 0.576. The number of ketones is 5. The van der Waals surface area contributed by atoms with Gasteiger partial charge in [0.2, 0.25) is 47.0 Å². The molecule has 0 bridgehead atoms. The minimum absolute atomic E-state index is 0.0322. The molecule has 26 N–H and O–H groups in total. The van der Waals surface area contributed by atoms with E-state index in [2.05, 4.69) is 115 Å². The van der Waals surface area contributed by atoms with Crippen LogP contribution in [0.25, 0.3) is 0 Å². The van der Waals surface area contributed by atoms with Gasteiger partial charge in [0.15, 0.2) is 58.6 Å². The van der Waals surface area contributed by atoms with Gasteiger partial charge >= 0.3 is 0 Å². The highest BCUT2D eigenvalue weighted by Crippen LogP contribution is 2.49. The first-order valence-corrected chi connectivity index (χ1v) is 45.0. The molecule has 5 rings (SSSR count). The standard InChI is InChI=1S/C85H131N23O15S2/c1-10-106-65-32-30-51(2)42-60(65)84(6,7)70(106)27-13-11-14-28-71-85(8,9)61-47-59(125(121,122)123)31-33-66(61)107(71)40-16-12-15-29-72(114)96-39-41-108-73(115)48-69(78(108)120)124-50-64(54(5)110)105-77(119)57(24-19-36-99-81(90)91)46-68(113)63(26-21-38-101-83(94)95)104-76(118)56(23-18-35-98-80(88)89)45-67(112)62(25-20-37-100-82(92)93)103-75(117)55(22-17-34-97-79(86)87)44-58(111)49-102-74(116)52(3)43-53(4)109/h11,13-14,27-28,30-33,42,47,52,55-57,62-64,69H,10,12,15-26,29,34-41,43-46,48-50H2,1-9H3,(H25-,86,87,88,89,90,91,92,93,94,95,96,97,98,99,100,101,102,103,104,105,114,116,117,118,119,121,122,123)/p+1/t52-,55+,56+,57+,62-,63-,64-,69?/m1/s1. The molecule has 38 nitrogen and oxygen atoms in total. The zero-order valence-electron chi connectivity index (χ0n) is 73.4. The van der Waals surface area contributed by atoms with Crippen molar-refractivity contribution in [2.24, 2.45) is 52.3 Å². The quantitative estimate of drug-likeness (QED) is 0.00861. The maximum absolute atomic E-state index is 14.9. The Kier molecular flexibility index (Phi) is 42.1. The molecule has 40 heteroatoms. The molecule has 3 aliphatic heterocycles. The normalized spacial score (nSPS) is 16.5. The van der Waals surface area contributed by atoms with Gasteiger partial charge in [-0.25, -0.2) is 0 Å². The van der Waals surface area contributed by atoms with E-state index < -0.39 is 153 Å². The van der Waals surface area contributed by atoms with Crippen LogP contribution in [0.2, 0.25) is 0 Å². The van der Waals surface area contributed by atoms with Crippen LogP contribution in [0.15, 0.2) is 77.4 Å². The van der Waals surface area contributed by atoms with Crippen LogP contribution in [0, 0.1) is 57.6 Å². The summed E-state index contributed by atoms with van der Waals surface area (Å²) in [7, 11) is -4.51. The molecule has 1 unspecified atom stereocenters. The van der Waals surface area contributed by atoms with Crippen molar-refractivity contribution in [3.63, 3.8) is 0 Å². The van der Waals surface area contributed by atoms with E-state index in [0.29, 0.717) is 25.8 Å². The number of benzene rings is 2.